The molecule has 0 spiro atoms. The van der Waals surface area contributed by atoms with Crippen molar-refractivity contribution in [3.63, 3.8) is 0 Å². The molecule has 0 aliphatic heterocycles. The zero-order valence-corrected chi connectivity index (χ0v) is 7.08. The van der Waals surface area contributed by atoms with Crippen LogP contribution in [0, 0.1) is 0 Å². The van der Waals surface area contributed by atoms with E-state index in [9.17, 15) is 4.79 Å². The van der Waals surface area contributed by atoms with Gasteiger partial charge < -0.3 is 5.11 Å². The number of carboxylic acids is 1. The molecular formula is C8H8ClNO2. The summed E-state index contributed by atoms with van der Waals surface area (Å²) in [5.41, 5.74) is 1.45. The van der Waals surface area contributed by atoms with Gasteiger partial charge in [0.15, 0.2) is 0 Å². The number of hydrogen-bond acceptors (Lipinski definition) is 2. The van der Waals surface area contributed by atoms with Gasteiger partial charge in [0.1, 0.15) is 0 Å². The van der Waals surface area contributed by atoms with Crippen LogP contribution in [0.1, 0.15) is 11.3 Å². The minimum Gasteiger partial charge on any atom is -0.481 e. The Hall–Kier alpha value is -1.09. The molecule has 0 aliphatic rings. The minimum absolute atomic E-state index is 0.0391. The predicted molar refractivity (Wildman–Crippen MR) is 45.1 cm³/mol. The van der Waals surface area contributed by atoms with E-state index in [1.54, 1.807) is 18.3 Å². The van der Waals surface area contributed by atoms with Crippen LogP contribution in [0.25, 0.3) is 0 Å². The lowest BCUT2D eigenvalue weighted by Gasteiger charge is -1.96. The van der Waals surface area contributed by atoms with Gasteiger partial charge in [-0.05, 0) is 11.6 Å². The highest BCUT2D eigenvalue weighted by atomic mass is 35.5. The van der Waals surface area contributed by atoms with Crippen molar-refractivity contribution in [2.75, 3.05) is 0 Å². The fourth-order valence-electron chi connectivity index (χ4n) is 0.794. The SMILES string of the molecule is O=C(O)Cc1ccc(CCl)cn1. The molecule has 0 fully saturated rings. The van der Waals surface area contributed by atoms with Crippen LogP contribution < -0.4 is 0 Å². The molecule has 0 radical (unpaired) electrons. The summed E-state index contributed by atoms with van der Waals surface area (Å²) in [6.07, 6.45) is 1.55. The van der Waals surface area contributed by atoms with Crippen LogP contribution in [0.2, 0.25) is 0 Å². The average molecular weight is 186 g/mol. The maximum atomic E-state index is 10.3. The Labute approximate surface area is 75.0 Å². The molecule has 0 aliphatic carbocycles. The number of hydrogen-bond donors (Lipinski definition) is 1. The molecule has 3 nitrogen and oxygen atoms in total. The Morgan fingerprint density at radius 1 is 1.58 bits per heavy atom. The van der Waals surface area contributed by atoms with Crippen LogP contribution in [-0.4, -0.2) is 16.1 Å². The van der Waals surface area contributed by atoms with Gasteiger partial charge in [0.25, 0.3) is 0 Å². The number of alkyl halides is 1. The molecule has 12 heavy (non-hydrogen) atoms. The number of aliphatic carboxylic acids is 1. The van der Waals surface area contributed by atoms with Gasteiger partial charge in [-0.3, -0.25) is 9.78 Å². The largest absolute Gasteiger partial charge is 0.481 e. The zero-order chi connectivity index (χ0) is 8.97. The molecule has 0 amide bonds. The van der Waals surface area contributed by atoms with Gasteiger partial charge in [-0.1, -0.05) is 6.07 Å². The summed E-state index contributed by atoms with van der Waals surface area (Å²) in [5.74, 6) is -0.471. The normalized spacial score (nSPS) is 9.75. The second-order valence-corrected chi connectivity index (χ2v) is 2.63. The maximum absolute atomic E-state index is 10.3. The lowest BCUT2D eigenvalue weighted by molar-refractivity contribution is -0.136. The van der Waals surface area contributed by atoms with Crippen molar-refractivity contribution in [1.82, 2.24) is 4.98 Å². The molecule has 0 bridgehead atoms. The molecule has 0 aromatic carbocycles. The molecular weight excluding hydrogens is 178 g/mol. The smallest absolute Gasteiger partial charge is 0.309 e. The fourth-order valence-corrected chi connectivity index (χ4v) is 0.952. The number of halogens is 1. The van der Waals surface area contributed by atoms with E-state index in [2.05, 4.69) is 4.98 Å². The van der Waals surface area contributed by atoms with Crippen molar-refractivity contribution < 1.29 is 9.90 Å². The summed E-state index contributed by atoms with van der Waals surface area (Å²) in [5, 5.41) is 8.43. The van der Waals surface area contributed by atoms with Crippen LogP contribution >= 0.6 is 11.6 Å². The molecule has 0 unspecified atom stereocenters. The Kier molecular flexibility index (Phi) is 3.05. The van der Waals surface area contributed by atoms with Crippen LogP contribution in [0.15, 0.2) is 18.3 Å². The van der Waals surface area contributed by atoms with Crippen molar-refractivity contribution in [3.05, 3.63) is 29.6 Å². The molecule has 0 saturated heterocycles. The van der Waals surface area contributed by atoms with E-state index in [4.69, 9.17) is 16.7 Å². The van der Waals surface area contributed by atoms with E-state index in [1.807, 2.05) is 0 Å². The molecule has 64 valence electrons. The lowest BCUT2D eigenvalue weighted by Crippen LogP contribution is -2.01. The first kappa shape index (κ1) is 9.00. The van der Waals surface area contributed by atoms with Gasteiger partial charge >= 0.3 is 5.97 Å². The summed E-state index contributed by atoms with van der Waals surface area (Å²) in [4.78, 5) is 14.2. The van der Waals surface area contributed by atoms with Crippen LogP contribution in [0.4, 0.5) is 0 Å². The number of rotatable bonds is 3. The summed E-state index contributed by atoms with van der Waals surface area (Å²) in [6, 6.07) is 3.45. The molecule has 1 heterocycles. The van der Waals surface area contributed by atoms with Gasteiger partial charge in [0.05, 0.1) is 12.1 Å². The second kappa shape index (κ2) is 4.07. The van der Waals surface area contributed by atoms with Gasteiger partial charge in [0.2, 0.25) is 0 Å². The molecule has 4 heteroatoms. The Bertz CT molecular complexity index is 271. The quantitative estimate of drug-likeness (QED) is 0.726. The number of aromatic nitrogens is 1. The highest BCUT2D eigenvalue weighted by molar-refractivity contribution is 6.17. The highest BCUT2D eigenvalue weighted by Crippen LogP contribution is 2.03. The van der Waals surface area contributed by atoms with Gasteiger partial charge in [-0.25, -0.2) is 0 Å². The van der Waals surface area contributed by atoms with Crippen molar-refractivity contribution >= 4 is 17.6 Å². The molecule has 1 rings (SSSR count). The summed E-state index contributed by atoms with van der Waals surface area (Å²) >= 11 is 5.53. The standard InChI is InChI=1S/C8H8ClNO2/c9-4-6-1-2-7(10-5-6)3-8(11)12/h1-2,5H,3-4H2,(H,11,12). The van der Waals surface area contributed by atoms with Gasteiger partial charge in [0, 0.05) is 12.1 Å². The summed E-state index contributed by atoms with van der Waals surface area (Å²) in [7, 11) is 0. The minimum atomic E-state index is -0.874. The third-order valence-corrected chi connectivity index (χ3v) is 1.68. The van der Waals surface area contributed by atoms with E-state index in [1.165, 1.54) is 0 Å². The summed E-state index contributed by atoms with van der Waals surface area (Å²) in [6.45, 7) is 0. The van der Waals surface area contributed by atoms with Crippen molar-refractivity contribution in [2.45, 2.75) is 12.3 Å². The van der Waals surface area contributed by atoms with Crippen LogP contribution in [0.3, 0.4) is 0 Å². The lowest BCUT2D eigenvalue weighted by atomic mass is 10.2. The Morgan fingerprint density at radius 2 is 2.33 bits per heavy atom. The highest BCUT2D eigenvalue weighted by Gasteiger charge is 2.00. The number of pyridine rings is 1. The van der Waals surface area contributed by atoms with Crippen LogP contribution in [-0.2, 0) is 17.1 Å². The number of carboxylic acid groups (broad SMARTS) is 1. The fraction of sp³-hybridized carbons (Fsp3) is 0.250. The molecule has 0 atom stereocenters. The second-order valence-electron chi connectivity index (χ2n) is 2.36. The van der Waals surface area contributed by atoms with E-state index in [-0.39, 0.29) is 6.42 Å². The van der Waals surface area contributed by atoms with Crippen molar-refractivity contribution in [2.24, 2.45) is 0 Å². The molecule has 1 aromatic heterocycles. The first-order valence-electron chi connectivity index (χ1n) is 3.44. The third kappa shape index (κ3) is 2.51. The summed E-state index contributed by atoms with van der Waals surface area (Å²) < 4.78 is 0. The van der Waals surface area contributed by atoms with Gasteiger partial charge in [-0.2, -0.15) is 0 Å². The first-order chi connectivity index (χ1) is 5.72. The maximum Gasteiger partial charge on any atom is 0.309 e. The van der Waals surface area contributed by atoms with E-state index in [0.29, 0.717) is 11.6 Å². The average Bonchev–Trinajstić information content (AvgIpc) is 2.05. The van der Waals surface area contributed by atoms with Crippen molar-refractivity contribution in [1.29, 1.82) is 0 Å². The number of nitrogens with zero attached hydrogens (tertiary/aromatic N) is 1. The van der Waals surface area contributed by atoms with E-state index >= 15 is 0 Å². The molecule has 0 saturated carbocycles. The van der Waals surface area contributed by atoms with Crippen LogP contribution in [0.5, 0.6) is 0 Å². The Balaban J connectivity index is 2.71. The zero-order valence-electron chi connectivity index (χ0n) is 6.33. The Morgan fingerprint density at radius 3 is 2.75 bits per heavy atom. The number of carbonyl (C=O) groups is 1. The monoisotopic (exact) mass is 185 g/mol. The third-order valence-electron chi connectivity index (χ3n) is 1.37. The molecule has 1 N–H and O–H groups in total. The van der Waals surface area contributed by atoms with Crippen molar-refractivity contribution in [3.8, 4) is 0 Å². The topological polar surface area (TPSA) is 50.2 Å². The molecule has 1 aromatic rings. The van der Waals surface area contributed by atoms with E-state index < -0.39 is 5.97 Å². The predicted octanol–water partition coefficient (Wildman–Crippen LogP) is 1.45. The van der Waals surface area contributed by atoms with E-state index in [0.717, 1.165) is 5.56 Å². The first-order valence-corrected chi connectivity index (χ1v) is 3.97. The van der Waals surface area contributed by atoms with Gasteiger partial charge in [-0.15, -0.1) is 11.6 Å².